The summed E-state index contributed by atoms with van der Waals surface area (Å²) in [6, 6.07) is 20.0. The number of fused-ring (bicyclic) bond motifs is 1. The number of halogens is 2. The summed E-state index contributed by atoms with van der Waals surface area (Å²) in [7, 11) is 0. The van der Waals surface area contributed by atoms with Gasteiger partial charge in [0.05, 0.1) is 38.1 Å². The van der Waals surface area contributed by atoms with Gasteiger partial charge in [0, 0.05) is 42.4 Å². The van der Waals surface area contributed by atoms with Crippen LogP contribution in [0.4, 0.5) is 4.39 Å². The lowest BCUT2D eigenvalue weighted by Crippen LogP contribution is -2.40. The molecule has 0 saturated carbocycles. The molecule has 0 aliphatic carbocycles. The first-order valence-electron chi connectivity index (χ1n) is 18.1. The van der Waals surface area contributed by atoms with Gasteiger partial charge in [0.15, 0.2) is 0 Å². The van der Waals surface area contributed by atoms with Gasteiger partial charge in [0.2, 0.25) is 0 Å². The second kappa shape index (κ2) is 21.3. The highest BCUT2D eigenvalue weighted by Crippen LogP contribution is 2.35. The molecule has 0 saturated heterocycles. The Bertz CT molecular complexity index is 1970. The fourth-order valence-corrected chi connectivity index (χ4v) is 6.05. The van der Waals surface area contributed by atoms with Crippen molar-refractivity contribution >= 4 is 28.6 Å². The molecule has 0 bridgehead atoms. The summed E-state index contributed by atoms with van der Waals surface area (Å²) in [6.45, 7) is 3.78. The van der Waals surface area contributed by atoms with Gasteiger partial charge in [-0.1, -0.05) is 48.0 Å². The summed E-state index contributed by atoms with van der Waals surface area (Å²) in [5.41, 5.74) is 3.86. The van der Waals surface area contributed by atoms with Crippen LogP contribution in [0.2, 0.25) is 5.02 Å². The summed E-state index contributed by atoms with van der Waals surface area (Å²) >= 11 is 6.68. The Morgan fingerprint density at radius 1 is 0.873 bits per heavy atom. The van der Waals surface area contributed by atoms with E-state index >= 15 is 4.39 Å². The highest BCUT2D eigenvalue weighted by atomic mass is 35.5. The first-order chi connectivity index (χ1) is 26.8. The minimum absolute atomic E-state index is 0.0402. The lowest BCUT2D eigenvalue weighted by molar-refractivity contribution is -0.146. The third-order valence-corrected chi connectivity index (χ3v) is 8.99. The SMILES string of the molecule is CCOC(=O)C(CO)NCc1cc(Cl)c(OCc2cccc(-c3cccc(OCCCCN(CCO)CCO)c3)c2F)cc1OCc1ccc2nonc2c1. The fraction of sp³-hybridized carbons (Fsp3) is 0.375. The van der Waals surface area contributed by atoms with E-state index in [0.717, 1.165) is 24.9 Å². The van der Waals surface area contributed by atoms with Gasteiger partial charge in [0.1, 0.15) is 53.4 Å². The van der Waals surface area contributed by atoms with Crippen LogP contribution in [0.5, 0.6) is 17.2 Å². The Balaban J connectivity index is 1.27. The molecule has 5 aromatic rings. The number of aliphatic hydroxyl groups is 3. The van der Waals surface area contributed by atoms with E-state index in [1.807, 2.05) is 29.2 Å². The van der Waals surface area contributed by atoms with Crippen LogP contribution in [0.1, 0.15) is 36.5 Å². The van der Waals surface area contributed by atoms with Crippen molar-refractivity contribution in [1.82, 2.24) is 20.5 Å². The van der Waals surface area contributed by atoms with Crippen LogP contribution in [0.25, 0.3) is 22.2 Å². The molecule has 1 heterocycles. The minimum atomic E-state index is -0.968. The van der Waals surface area contributed by atoms with Crippen LogP contribution in [-0.2, 0) is 29.3 Å². The summed E-state index contributed by atoms with van der Waals surface area (Å²) < 4.78 is 44.1. The van der Waals surface area contributed by atoms with Crippen molar-refractivity contribution in [3.05, 3.63) is 100 Å². The Hall–Kier alpha value is -4.83. The number of aromatic nitrogens is 2. The van der Waals surface area contributed by atoms with Gasteiger partial charge < -0.3 is 34.3 Å². The zero-order valence-corrected chi connectivity index (χ0v) is 31.3. The maximum Gasteiger partial charge on any atom is 0.325 e. The van der Waals surface area contributed by atoms with E-state index in [9.17, 15) is 20.1 Å². The van der Waals surface area contributed by atoms with Gasteiger partial charge in [-0.3, -0.25) is 15.0 Å². The minimum Gasteiger partial charge on any atom is -0.494 e. The Labute approximate surface area is 323 Å². The van der Waals surface area contributed by atoms with E-state index in [0.29, 0.717) is 64.5 Å². The number of ether oxygens (including phenoxy) is 4. The number of aliphatic hydroxyl groups excluding tert-OH is 3. The maximum atomic E-state index is 16.0. The number of esters is 1. The number of hydrogen-bond acceptors (Lipinski definition) is 13. The number of nitrogens with one attached hydrogen (secondary N) is 1. The predicted octanol–water partition coefficient (Wildman–Crippen LogP) is 5.30. The molecule has 0 spiro atoms. The van der Waals surface area contributed by atoms with Crippen molar-refractivity contribution in [3.8, 4) is 28.4 Å². The van der Waals surface area contributed by atoms with Crippen LogP contribution < -0.4 is 19.5 Å². The maximum absolute atomic E-state index is 16.0. The van der Waals surface area contributed by atoms with Gasteiger partial charge in [-0.2, -0.15) is 0 Å². The molecule has 1 atom stereocenters. The average molecular weight is 781 g/mol. The van der Waals surface area contributed by atoms with E-state index in [4.69, 9.17) is 35.2 Å². The molecule has 5 rings (SSSR count). The molecule has 1 unspecified atom stereocenters. The number of carbonyl (C=O) groups excluding carboxylic acids is 1. The molecule has 0 fully saturated rings. The van der Waals surface area contributed by atoms with E-state index in [1.54, 1.807) is 55.5 Å². The third kappa shape index (κ3) is 11.8. The molecular formula is C40H46ClFN4O9. The summed E-state index contributed by atoms with van der Waals surface area (Å²) in [5, 5.41) is 39.1. The Morgan fingerprint density at radius 3 is 2.44 bits per heavy atom. The summed E-state index contributed by atoms with van der Waals surface area (Å²) in [5.74, 6) is 0.193. The first kappa shape index (κ1) is 41.3. The summed E-state index contributed by atoms with van der Waals surface area (Å²) in [6.07, 6.45) is 1.61. The van der Waals surface area contributed by atoms with Gasteiger partial charge in [-0.25, -0.2) is 9.02 Å². The van der Waals surface area contributed by atoms with Crippen molar-refractivity contribution in [2.45, 2.75) is 45.6 Å². The molecule has 13 nitrogen and oxygen atoms in total. The Kier molecular flexibility index (Phi) is 16.0. The van der Waals surface area contributed by atoms with Crippen molar-refractivity contribution in [2.24, 2.45) is 0 Å². The van der Waals surface area contributed by atoms with Gasteiger partial charge in [-0.05, 0) is 78.1 Å². The van der Waals surface area contributed by atoms with E-state index in [2.05, 4.69) is 15.6 Å². The number of hydrogen-bond donors (Lipinski definition) is 4. The standard InChI is InChI=1S/C40H46ClFN4O9/c1-2-51-40(50)36(24-49)43-23-30-21-33(41)38(22-37(30)53-25-27-11-12-34-35(19-27)45-55-44-34)54-26-29-8-6-10-32(39(29)42)28-7-5-9-31(20-28)52-18-4-3-13-46(14-16-47)15-17-48/h5-12,19-22,36,43,47-49H,2-4,13-18,23-26H2,1H3. The third-order valence-electron chi connectivity index (χ3n) is 8.70. The smallest absolute Gasteiger partial charge is 0.325 e. The molecule has 4 N–H and O–H groups in total. The normalized spacial score (nSPS) is 11.9. The number of benzene rings is 4. The highest BCUT2D eigenvalue weighted by Gasteiger charge is 2.21. The van der Waals surface area contributed by atoms with Gasteiger partial charge in [0.25, 0.3) is 0 Å². The van der Waals surface area contributed by atoms with Crippen LogP contribution in [-0.4, -0.2) is 95.2 Å². The van der Waals surface area contributed by atoms with Gasteiger partial charge in [-0.15, -0.1) is 0 Å². The fourth-order valence-electron chi connectivity index (χ4n) is 5.80. The molecule has 0 radical (unpaired) electrons. The van der Waals surface area contributed by atoms with Crippen LogP contribution >= 0.6 is 11.6 Å². The number of nitrogens with zero attached hydrogens (tertiary/aromatic N) is 3. The largest absolute Gasteiger partial charge is 0.494 e. The number of rotatable bonds is 23. The van der Waals surface area contributed by atoms with Crippen molar-refractivity contribution in [2.75, 3.05) is 52.7 Å². The molecule has 15 heteroatoms. The Morgan fingerprint density at radius 2 is 1.65 bits per heavy atom. The zero-order valence-electron chi connectivity index (χ0n) is 30.6. The van der Waals surface area contributed by atoms with E-state index in [1.165, 1.54) is 0 Å². The average Bonchev–Trinajstić information content (AvgIpc) is 3.66. The number of unbranched alkanes of at least 4 members (excludes halogenated alkanes) is 1. The van der Waals surface area contributed by atoms with Crippen molar-refractivity contribution in [1.29, 1.82) is 0 Å². The second-order valence-corrected chi connectivity index (χ2v) is 13.0. The van der Waals surface area contributed by atoms with Crippen molar-refractivity contribution < 1.29 is 48.1 Å². The number of carbonyl (C=O) groups is 1. The molecule has 4 aromatic carbocycles. The molecular weight excluding hydrogens is 735 g/mol. The first-order valence-corrected chi connectivity index (χ1v) is 18.5. The molecule has 294 valence electrons. The van der Waals surface area contributed by atoms with Gasteiger partial charge >= 0.3 is 5.97 Å². The lowest BCUT2D eigenvalue weighted by Gasteiger charge is -2.19. The van der Waals surface area contributed by atoms with E-state index < -0.39 is 24.4 Å². The summed E-state index contributed by atoms with van der Waals surface area (Å²) in [4.78, 5) is 14.3. The molecule has 0 aliphatic heterocycles. The van der Waals surface area contributed by atoms with E-state index in [-0.39, 0.29) is 50.4 Å². The predicted molar refractivity (Wildman–Crippen MR) is 203 cm³/mol. The van der Waals surface area contributed by atoms with Crippen molar-refractivity contribution in [3.63, 3.8) is 0 Å². The highest BCUT2D eigenvalue weighted by molar-refractivity contribution is 6.32. The molecule has 0 amide bonds. The molecule has 1 aromatic heterocycles. The molecule has 55 heavy (non-hydrogen) atoms. The molecule has 0 aliphatic rings. The van der Waals surface area contributed by atoms with Crippen LogP contribution in [0.15, 0.2) is 77.4 Å². The monoisotopic (exact) mass is 780 g/mol. The lowest BCUT2D eigenvalue weighted by atomic mass is 10.0. The van der Waals surface area contributed by atoms with Crippen LogP contribution in [0, 0.1) is 5.82 Å². The second-order valence-electron chi connectivity index (χ2n) is 12.6. The topological polar surface area (TPSA) is 169 Å². The zero-order chi connectivity index (χ0) is 39.0. The quantitative estimate of drug-likeness (QED) is 0.0499. The van der Waals surface area contributed by atoms with Crippen LogP contribution in [0.3, 0.4) is 0 Å².